The van der Waals surface area contributed by atoms with E-state index in [4.69, 9.17) is 9.84 Å². The minimum Gasteiger partial charge on any atom is -0.497 e. The second kappa shape index (κ2) is 6.22. The van der Waals surface area contributed by atoms with Gasteiger partial charge in [-0.15, -0.1) is 0 Å². The smallest absolute Gasteiger partial charge is 0.305 e. The summed E-state index contributed by atoms with van der Waals surface area (Å²) < 4.78 is 5.01. The predicted octanol–water partition coefficient (Wildman–Crippen LogP) is 0.791. The number of carbonyl (C=O) groups is 1. The van der Waals surface area contributed by atoms with E-state index in [1.807, 2.05) is 0 Å². The van der Waals surface area contributed by atoms with Gasteiger partial charge in [0.15, 0.2) is 0 Å². The molecule has 2 atom stereocenters. The molecule has 0 fully saturated rings. The Kier molecular flexibility index (Phi) is 4.93. The summed E-state index contributed by atoms with van der Waals surface area (Å²) in [5.74, 6) is -0.253. The van der Waals surface area contributed by atoms with E-state index in [9.17, 15) is 9.90 Å². The summed E-state index contributed by atoms with van der Waals surface area (Å²) >= 11 is 0. The highest BCUT2D eigenvalue weighted by atomic mass is 16.5. The summed E-state index contributed by atoms with van der Waals surface area (Å²) in [7, 11) is 3.19. The van der Waals surface area contributed by atoms with Gasteiger partial charge in [-0.1, -0.05) is 12.1 Å². The Hall–Kier alpha value is -1.59. The van der Waals surface area contributed by atoms with Crippen LogP contribution in [0.2, 0.25) is 0 Å². The van der Waals surface area contributed by atoms with E-state index < -0.39 is 18.1 Å². The topological polar surface area (TPSA) is 78.8 Å². The average Bonchev–Trinajstić information content (AvgIpc) is 2.35. The van der Waals surface area contributed by atoms with Gasteiger partial charge >= 0.3 is 5.97 Å². The van der Waals surface area contributed by atoms with E-state index in [-0.39, 0.29) is 6.42 Å². The van der Waals surface area contributed by atoms with Gasteiger partial charge in [-0.05, 0) is 24.7 Å². The maximum atomic E-state index is 10.6. The number of carboxylic acid groups (broad SMARTS) is 1. The van der Waals surface area contributed by atoms with Crippen molar-refractivity contribution in [2.24, 2.45) is 0 Å². The minimum absolute atomic E-state index is 0.135. The number of nitrogens with one attached hydrogen (secondary N) is 1. The number of ether oxygens (including phenoxy) is 1. The summed E-state index contributed by atoms with van der Waals surface area (Å²) in [5.41, 5.74) is 0.659. The molecule has 3 N–H and O–H groups in total. The van der Waals surface area contributed by atoms with Crippen molar-refractivity contribution < 1.29 is 19.7 Å². The highest BCUT2D eigenvalue weighted by molar-refractivity contribution is 5.67. The molecule has 0 spiro atoms. The normalized spacial score (nSPS) is 14.1. The zero-order valence-electron chi connectivity index (χ0n) is 9.88. The Balaban J connectivity index is 2.78. The minimum atomic E-state index is -0.947. The third-order valence-electron chi connectivity index (χ3n) is 2.60. The summed E-state index contributed by atoms with van der Waals surface area (Å²) in [4.78, 5) is 10.6. The summed E-state index contributed by atoms with van der Waals surface area (Å²) in [6, 6.07) is 6.38. The lowest BCUT2D eigenvalue weighted by Gasteiger charge is -2.21. The Morgan fingerprint density at radius 2 is 2.00 bits per heavy atom. The number of rotatable bonds is 6. The first-order valence-electron chi connectivity index (χ1n) is 5.29. The number of benzene rings is 1. The lowest BCUT2D eigenvalue weighted by Crippen LogP contribution is -2.34. The van der Waals surface area contributed by atoms with Gasteiger partial charge in [-0.25, -0.2) is 0 Å². The first kappa shape index (κ1) is 13.5. The number of aliphatic hydroxyl groups excluding tert-OH is 1. The molecule has 0 saturated carbocycles. The van der Waals surface area contributed by atoms with Crippen LogP contribution in [0.3, 0.4) is 0 Å². The van der Waals surface area contributed by atoms with Crippen molar-refractivity contribution in [1.29, 1.82) is 0 Å². The van der Waals surface area contributed by atoms with E-state index in [0.717, 1.165) is 0 Å². The van der Waals surface area contributed by atoms with E-state index in [1.165, 1.54) is 0 Å². The average molecular weight is 239 g/mol. The maximum absolute atomic E-state index is 10.6. The second-order valence-corrected chi connectivity index (χ2v) is 3.71. The van der Waals surface area contributed by atoms with Crippen LogP contribution in [0.4, 0.5) is 0 Å². The molecule has 0 aliphatic heterocycles. The lowest BCUT2D eigenvalue weighted by molar-refractivity contribution is -0.138. The third-order valence-corrected chi connectivity index (χ3v) is 2.60. The van der Waals surface area contributed by atoms with Gasteiger partial charge < -0.3 is 20.3 Å². The van der Waals surface area contributed by atoms with E-state index in [1.54, 1.807) is 38.4 Å². The molecular weight excluding hydrogens is 222 g/mol. The molecule has 5 heteroatoms. The van der Waals surface area contributed by atoms with Crippen molar-refractivity contribution in [3.05, 3.63) is 29.8 Å². The molecule has 5 nitrogen and oxygen atoms in total. The molecule has 0 aromatic heterocycles. The highest BCUT2D eigenvalue weighted by Crippen LogP contribution is 2.21. The van der Waals surface area contributed by atoms with Crippen LogP contribution < -0.4 is 10.1 Å². The largest absolute Gasteiger partial charge is 0.497 e. The zero-order chi connectivity index (χ0) is 12.8. The van der Waals surface area contributed by atoms with Gasteiger partial charge in [0.1, 0.15) is 5.75 Å². The molecule has 17 heavy (non-hydrogen) atoms. The van der Waals surface area contributed by atoms with Crippen LogP contribution in [0.5, 0.6) is 5.75 Å². The van der Waals surface area contributed by atoms with Gasteiger partial charge in [-0.3, -0.25) is 4.79 Å². The van der Waals surface area contributed by atoms with Crippen LogP contribution in [-0.4, -0.2) is 36.4 Å². The number of hydrogen-bond donors (Lipinski definition) is 3. The van der Waals surface area contributed by atoms with Crippen LogP contribution in [0.1, 0.15) is 18.1 Å². The van der Waals surface area contributed by atoms with Crippen LogP contribution in [-0.2, 0) is 4.79 Å². The molecule has 1 aromatic rings. The van der Waals surface area contributed by atoms with Crippen molar-refractivity contribution in [3.8, 4) is 5.75 Å². The van der Waals surface area contributed by atoms with Crippen molar-refractivity contribution in [1.82, 2.24) is 5.32 Å². The molecule has 0 radical (unpaired) electrons. The predicted molar refractivity (Wildman–Crippen MR) is 63.1 cm³/mol. The Labute approximate surface area is 100 Å². The fourth-order valence-corrected chi connectivity index (χ4v) is 1.59. The van der Waals surface area contributed by atoms with Crippen molar-refractivity contribution in [2.75, 3.05) is 14.2 Å². The summed E-state index contributed by atoms with van der Waals surface area (Å²) in [5, 5.41) is 21.5. The maximum Gasteiger partial charge on any atom is 0.305 e. The molecule has 0 saturated heterocycles. The van der Waals surface area contributed by atoms with Crippen LogP contribution in [0.15, 0.2) is 24.3 Å². The van der Waals surface area contributed by atoms with E-state index in [2.05, 4.69) is 5.32 Å². The van der Waals surface area contributed by atoms with E-state index >= 15 is 0 Å². The molecule has 0 aliphatic rings. The number of likely N-dealkylation sites (N-methyl/N-ethyl adjacent to an activating group) is 1. The Morgan fingerprint density at radius 3 is 2.41 bits per heavy atom. The molecule has 1 aromatic carbocycles. The molecule has 94 valence electrons. The molecule has 1 rings (SSSR count). The number of hydrogen-bond acceptors (Lipinski definition) is 4. The lowest BCUT2D eigenvalue weighted by atomic mass is 10.00. The monoisotopic (exact) mass is 239 g/mol. The SMILES string of the molecule is CNC(CC(=O)O)C(O)c1ccc(OC)cc1. The number of aliphatic hydroxyl groups is 1. The van der Waals surface area contributed by atoms with Crippen LogP contribution in [0, 0.1) is 0 Å². The highest BCUT2D eigenvalue weighted by Gasteiger charge is 2.21. The number of methoxy groups -OCH3 is 1. The second-order valence-electron chi connectivity index (χ2n) is 3.71. The van der Waals surface area contributed by atoms with E-state index in [0.29, 0.717) is 11.3 Å². The van der Waals surface area contributed by atoms with Gasteiger partial charge in [0.25, 0.3) is 0 Å². The van der Waals surface area contributed by atoms with Gasteiger partial charge in [-0.2, -0.15) is 0 Å². The third kappa shape index (κ3) is 3.72. The molecule has 2 unspecified atom stereocenters. The first-order valence-corrected chi connectivity index (χ1v) is 5.29. The fraction of sp³-hybridized carbons (Fsp3) is 0.417. The standard InChI is InChI=1S/C12H17NO4/c1-13-10(7-11(14)15)12(16)8-3-5-9(17-2)6-4-8/h3-6,10,12-13,16H,7H2,1-2H3,(H,14,15). The van der Waals surface area contributed by atoms with Crippen molar-refractivity contribution in [2.45, 2.75) is 18.6 Å². The Bertz CT molecular complexity index is 363. The van der Waals surface area contributed by atoms with Crippen molar-refractivity contribution in [3.63, 3.8) is 0 Å². The quantitative estimate of drug-likeness (QED) is 0.684. The number of aliphatic carboxylic acids is 1. The summed E-state index contributed by atoms with van der Waals surface area (Å²) in [6.45, 7) is 0. The van der Waals surface area contributed by atoms with Crippen LogP contribution >= 0.6 is 0 Å². The molecule has 0 amide bonds. The fourth-order valence-electron chi connectivity index (χ4n) is 1.59. The van der Waals surface area contributed by atoms with Crippen molar-refractivity contribution >= 4 is 5.97 Å². The van der Waals surface area contributed by atoms with Crippen LogP contribution in [0.25, 0.3) is 0 Å². The molecular formula is C12H17NO4. The summed E-state index contributed by atoms with van der Waals surface area (Å²) in [6.07, 6.45) is -0.994. The van der Waals surface area contributed by atoms with Gasteiger partial charge in [0, 0.05) is 6.04 Å². The molecule has 0 heterocycles. The molecule has 0 aliphatic carbocycles. The van der Waals surface area contributed by atoms with Gasteiger partial charge in [0.2, 0.25) is 0 Å². The number of carboxylic acids is 1. The zero-order valence-corrected chi connectivity index (χ0v) is 9.88. The van der Waals surface area contributed by atoms with Gasteiger partial charge in [0.05, 0.1) is 19.6 Å². The first-order chi connectivity index (χ1) is 8.08. The molecule has 0 bridgehead atoms. The Morgan fingerprint density at radius 1 is 1.41 bits per heavy atom.